The number of aromatic nitrogens is 2. The lowest BCUT2D eigenvalue weighted by atomic mass is 10.0. The van der Waals surface area contributed by atoms with Crippen LogP contribution in [0, 0.1) is 0 Å². The lowest BCUT2D eigenvalue weighted by molar-refractivity contribution is 0.0715. The molecule has 0 atom stereocenters. The second-order valence-electron chi connectivity index (χ2n) is 7.92. The lowest BCUT2D eigenvalue weighted by Crippen LogP contribution is -2.42. The highest BCUT2D eigenvalue weighted by atomic mass is 16.2. The Labute approximate surface area is 175 Å². The van der Waals surface area contributed by atoms with Gasteiger partial charge in [0, 0.05) is 47.5 Å². The molecule has 5 nitrogen and oxygen atoms in total. The number of carbonyl (C=O) groups is 1. The number of piperidine rings is 1. The van der Waals surface area contributed by atoms with Crippen molar-refractivity contribution in [1.82, 2.24) is 14.9 Å². The number of amides is 1. The van der Waals surface area contributed by atoms with E-state index in [-0.39, 0.29) is 11.9 Å². The first kappa shape index (κ1) is 18.6. The number of carbonyl (C=O) groups excluding carboxylic acids is 1. The molecule has 1 saturated heterocycles. The van der Waals surface area contributed by atoms with Crippen molar-refractivity contribution in [2.24, 2.45) is 5.73 Å². The van der Waals surface area contributed by atoms with Crippen molar-refractivity contribution in [3.05, 3.63) is 78.5 Å². The van der Waals surface area contributed by atoms with E-state index in [2.05, 4.69) is 34.2 Å². The summed E-state index contributed by atoms with van der Waals surface area (Å²) in [4.78, 5) is 22.8. The summed E-state index contributed by atoms with van der Waals surface area (Å²) in [5.74, 6) is 0.0748. The quantitative estimate of drug-likeness (QED) is 0.537. The normalized spacial score (nSPS) is 14.9. The fourth-order valence-corrected chi connectivity index (χ4v) is 4.06. The number of fused-ring (bicyclic) bond motifs is 1. The molecule has 5 rings (SSSR count). The molecule has 2 aromatic heterocycles. The minimum atomic E-state index is 0.0748. The fraction of sp³-hybridized carbons (Fsp3) is 0.200. The summed E-state index contributed by atoms with van der Waals surface area (Å²) in [7, 11) is 0. The molecule has 0 radical (unpaired) electrons. The van der Waals surface area contributed by atoms with E-state index < -0.39 is 0 Å². The zero-order valence-corrected chi connectivity index (χ0v) is 16.7. The molecule has 150 valence electrons. The lowest BCUT2D eigenvalue weighted by Gasteiger charge is -2.30. The zero-order chi connectivity index (χ0) is 20.5. The molecule has 3 heterocycles. The van der Waals surface area contributed by atoms with Gasteiger partial charge >= 0.3 is 0 Å². The summed E-state index contributed by atoms with van der Waals surface area (Å²) in [5.41, 5.74) is 11.7. The van der Waals surface area contributed by atoms with Crippen molar-refractivity contribution in [3.8, 4) is 22.4 Å². The monoisotopic (exact) mass is 396 g/mol. The third kappa shape index (κ3) is 3.60. The summed E-state index contributed by atoms with van der Waals surface area (Å²) < 4.78 is 0. The maximum atomic E-state index is 12.9. The van der Waals surface area contributed by atoms with Gasteiger partial charge in [-0.25, -0.2) is 4.98 Å². The Morgan fingerprint density at radius 1 is 0.933 bits per heavy atom. The van der Waals surface area contributed by atoms with Crippen LogP contribution < -0.4 is 5.73 Å². The van der Waals surface area contributed by atoms with Gasteiger partial charge in [0.05, 0.1) is 0 Å². The molecule has 1 amide bonds. The molecule has 2 aromatic carbocycles. The summed E-state index contributed by atoms with van der Waals surface area (Å²) in [6.07, 6.45) is 3.59. The van der Waals surface area contributed by atoms with E-state index in [4.69, 9.17) is 5.73 Å². The van der Waals surface area contributed by atoms with E-state index in [1.807, 2.05) is 53.6 Å². The number of aromatic amines is 1. The van der Waals surface area contributed by atoms with E-state index in [0.29, 0.717) is 5.56 Å². The Hall–Kier alpha value is -3.44. The van der Waals surface area contributed by atoms with Crippen LogP contribution in [0.1, 0.15) is 23.2 Å². The Morgan fingerprint density at radius 2 is 1.70 bits per heavy atom. The van der Waals surface area contributed by atoms with Crippen LogP contribution in [0.4, 0.5) is 0 Å². The minimum Gasteiger partial charge on any atom is -0.339 e. The summed E-state index contributed by atoms with van der Waals surface area (Å²) in [6.45, 7) is 1.45. The average molecular weight is 396 g/mol. The van der Waals surface area contributed by atoms with Gasteiger partial charge in [-0.1, -0.05) is 42.5 Å². The van der Waals surface area contributed by atoms with E-state index in [9.17, 15) is 4.79 Å². The van der Waals surface area contributed by atoms with Gasteiger partial charge in [-0.05, 0) is 48.2 Å². The largest absolute Gasteiger partial charge is 0.339 e. The Kier molecular flexibility index (Phi) is 4.81. The van der Waals surface area contributed by atoms with E-state index in [1.165, 1.54) is 0 Å². The second kappa shape index (κ2) is 7.76. The van der Waals surface area contributed by atoms with Crippen LogP contribution in [0.15, 0.2) is 72.9 Å². The van der Waals surface area contributed by atoms with Crippen LogP contribution in [0.3, 0.4) is 0 Å². The highest BCUT2D eigenvalue weighted by Gasteiger charge is 2.21. The molecule has 1 fully saturated rings. The van der Waals surface area contributed by atoms with Gasteiger partial charge in [-0.3, -0.25) is 4.79 Å². The maximum absolute atomic E-state index is 12.9. The van der Waals surface area contributed by atoms with Gasteiger partial charge in [-0.15, -0.1) is 0 Å². The first-order chi connectivity index (χ1) is 14.7. The standard InChI is InChI=1S/C25H24N4O/c26-22-9-11-29(12-10-22)25(30)19-8-4-7-18(13-19)21-14-20-15-23(28-24(20)27-16-21)17-5-2-1-3-6-17/h1-8,13-16,22H,9-12,26H2,(H,27,28). The highest BCUT2D eigenvalue weighted by molar-refractivity contribution is 5.96. The molecule has 1 aliphatic heterocycles. The van der Waals surface area contributed by atoms with E-state index in [1.54, 1.807) is 0 Å². The van der Waals surface area contributed by atoms with Crippen molar-refractivity contribution in [1.29, 1.82) is 0 Å². The number of H-pyrrole nitrogens is 1. The number of nitrogens with one attached hydrogen (secondary N) is 1. The zero-order valence-electron chi connectivity index (χ0n) is 16.7. The van der Waals surface area contributed by atoms with Crippen LogP contribution >= 0.6 is 0 Å². The van der Waals surface area contributed by atoms with E-state index in [0.717, 1.165) is 59.3 Å². The van der Waals surface area contributed by atoms with Crippen molar-refractivity contribution in [2.45, 2.75) is 18.9 Å². The van der Waals surface area contributed by atoms with E-state index >= 15 is 0 Å². The third-order valence-electron chi connectivity index (χ3n) is 5.82. The molecule has 4 aromatic rings. The van der Waals surface area contributed by atoms with Crippen molar-refractivity contribution < 1.29 is 4.79 Å². The summed E-state index contributed by atoms with van der Waals surface area (Å²) in [6, 6.07) is 22.5. The fourth-order valence-electron chi connectivity index (χ4n) is 4.06. The summed E-state index contributed by atoms with van der Waals surface area (Å²) >= 11 is 0. The third-order valence-corrected chi connectivity index (χ3v) is 5.82. The predicted molar refractivity (Wildman–Crippen MR) is 120 cm³/mol. The van der Waals surface area contributed by atoms with Crippen molar-refractivity contribution >= 4 is 16.9 Å². The topological polar surface area (TPSA) is 75.0 Å². The van der Waals surface area contributed by atoms with Gasteiger partial charge < -0.3 is 15.6 Å². The number of pyridine rings is 1. The molecule has 0 spiro atoms. The van der Waals surface area contributed by atoms with Gasteiger partial charge in [0.15, 0.2) is 0 Å². The van der Waals surface area contributed by atoms with Crippen molar-refractivity contribution in [3.63, 3.8) is 0 Å². The first-order valence-electron chi connectivity index (χ1n) is 10.4. The van der Waals surface area contributed by atoms with Gasteiger partial charge in [0.25, 0.3) is 5.91 Å². The Bertz CT molecular complexity index is 1190. The molecule has 0 unspecified atom stereocenters. The molecular weight excluding hydrogens is 372 g/mol. The molecule has 30 heavy (non-hydrogen) atoms. The number of hydrogen-bond acceptors (Lipinski definition) is 3. The first-order valence-corrected chi connectivity index (χ1v) is 10.4. The Balaban J connectivity index is 1.44. The number of hydrogen-bond donors (Lipinski definition) is 2. The van der Waals surface area contributed by atoms with Crippen LogP contribution in [-0.4, -0.2) is 39.9 Å². The molecule has 5 heteroatoms. The van der Waals surface area contributed by atoms with Gasteiger partial charge in [-0.2, -0.15) is 0 Å². The molecule has 0 aliphatic carbocycles. The van der Waals surface area contributed by atoms with Gasteiger partial charge in [0.2, 0.25) is 0 Å². The predicted octanol–water partition coefficient (Wildman–Crippen LogP) is 4.46. The molecule has 3 N–H and O–H groups in total. The number of nitrogens with two attached hydrogens (primary N) is 1. The molecule has 0 bridgehead atoms. The second-order valence-corrected chi connectivity index (χ2v) is 7.92. The highest BCUT2D eigenvalue weighted by Crippen LogP contribution is 2.28. The number of benzene rings is 2. The number of nitrogens with zero attached hydrogens (tertiary/aromatic N) is 2. The molecule has 0 saturated carbocycles. The number of likely N-dealkylation sites (tertiary alicyclic amines) is 1. The average Bonchev–Trinajstić information content (AvgIpc) is 3.23. The number of rotatable bonds is 3. The van der Waals surface area contributed by atoms with Crippen LogP contribution in [0.25, 0.3) is 33.4 Å². The van der Waals surface area contributed by atoms with Gasteiger partial charge in [0.1, 0.15) is 5.65 Å². The molecule has 1 aliphatic rings. The maximum Gasteiger partial charge on any atom is 0.253 e. The van der Waals surface area contributed by atoms with Crippen LogP contribution in [0.5, 0.6) is 0 Å². The van der Waals surface area contributed by atoms with Crippen LogP contribution in [-0.2, 0) is 0 Å². The summed E-state index contributed by atoms with van der Waals surface area (Å²) in [5, 5.41) is 1.05. The smallest absolute Gasteiger partial charge is 0.253 e. The minimum absolute atomic E-state index is 0.0748. The molecular formula is C25H24N4O. The Morgan fingerprint density at radius 3 is 2.50 bits per heavy atom. The van der Waals surface area contributed by atoms with Crippen LogP contribution in [0.2, 0.25) is 0 Å². The van der Waals surface area contributed by atoms with Crippen molar-refractivity contribution in [2.75, 3.05) is 13.1 Å². The SMILES string of the molecule is NC1CCN(C(=O)c2cccc(-c3cnc4[nH]c(-c5ccccc5)cc4c3)c2)CC1.